The Bertz CT molecular complexity index is 1140. The summed E-state index contributed by atoms with van der Waals surface area (Å²) in [6.07, 6.45) is 40.6. The van der Waals surface area contributed by atoms with Crippen LogP contribution in [0, 0.1) is 0 Å². The van der Waals surface area contributed by atoms with Crippen LogP contribution in [0.25, 0.3) is 0 Å². The zero-order valence-corrected chi connectivity index (χ0v) is 37.9. The third-order valence-corrected chi connectivity index (χ3v) is 11.0. The molecule has 1 rings (SSSR count). The highest BCUT2D eigenvalue weighted by Crippen LogP contribution is 2.38. The van der Waals surface area contributed by atoms with E-state index in [1.54, 1.807) is 0 Å². The monoisotopic (exact) mass is 826 g/mol. The highest BCUT2D eigenvalue weighted by Gasteiger charge is 2.36. The van der Waals surface area contributed by atoms with Gasteiger partial charge >= 0.3 is 11.9 Å². The summed E-state index contributed by atoms with van der Waals surface area (Å²) in [6, 6.07) is 0. The summed E-state index contributed by atoms with van der Waals surface area (Å²) in [4.78, 5) is 37.6. The van der Waals surface area contributed by atoms with E-state index in [1.807, 2.05) is 21.1 Å². The van der Waals surface area contributed by atoms with Crippen molar-refractivity contribution in [3.8, 4) is 0 Å². The van der Waals surface area contributed by atoms with Crippen LogP contribution < -0.4 is 4.89 Å². The van der Waals surface area contributed by atoms with Crippen LogP contribution in [0.4, 0.5) is 0 Å². The van der Waals surface area contributed by atoms with Gasteiger partial charge in [-0.15, -0.1) is 0 Å². The molecule has 1 aliphatic rings. The first-order valence-electron chi connectivity index (χ1n) is 22.8. The average Bonchev–Trinajstić information content (AvgIpc) is 3.92. The summed E-state index contributed by atoms with van der Waals surface area (Å²) >= 11 is 0. The van der Waals surface area contributed by atoms with Crippen molar-refractivity contribution in [2.24, 2.45) is 0 Å². The van der Waals surface area contributed by atoms with Crippen molar-refractivity contribution >= 4 is 19.8 Å². The quantitative estimate of drug-likeness (QED) is 0.0148. The zero-order valence-electron chi connectivity index (χ0n) is 37.0. The second-order valence-corrected chi connectivity index (χ2v) is 18.2. The van der Waals surface area contributed by atoms with Crippen molar-refractivity contribution in [2.75, 3.05) is 47.5 Å². The number of quaternary nitrogens is 1. The fraction of sp³-hybridized carbons (Fsp3) is 0.826. The predicted octanol–water partition coefficient (Wildman–Crippen LogP) is 11.3. The molecule has 11 heteroatoms. The molecule has 1 aliphatic heterocycles. The minimum Gasteiger partial charge on any atom is -0.756 e. The van der Waals surface area contributed by atoms with Gasteiger partial charge in [-0.05, 0) is 51.4 Å². The summed E-state index contributed by atoms with van der Waals surface area (Å²) in [7, 11) is 1.13. The molecule has 0 bridgehead atoms. The van der Waals surface area contributed by atoms with Gasteiger partial charge in [0.25, 0.3) is 7.82 Å². The van der Waals surface area contributed by atoms with Crippen LogP contribution >= 0.6 is 7.82 Å². The van der Waals surface area contributed by atoms with Crippen LogP contribution in [0.1, 0.15) is 181 Å². The Morgan fingerprint density at radius 3 is 1.72 bits per heavy atom. The maximum Gasteiger partial charge on any atom is 0.306 e. The number of likely N-dealkylation sites (N-methyl/N-ethyl adjacent to an activating group) is 1. The number of hydrogen-bond donors (Lipinski definition) is 0. The molecule has 0 spiro atoms. The third kappa shape index (κ3) is 35.8. The van der Waals surface area contributed by atoms with Gasteiger partial charge in [-0.3, -0.25) is 14.2 Å². The lowest BCUT2D eigenvalue weighted by molar-refractivity contribution is -0.870. The number of phosphoric ester groups is 1. The van der Waals surface area contributed by atoms with Gasteiger partial charge < -0.3 is 32.6 Å². The lowest BCUT2D eigenvalue weighted by atomic mass is 10.0. The van der Waals surface area contributed by atoms with Crippen molar-refractivity contribution in [1.82, 2.24) is 0 Å². The summed E-state index contributed by atoms with van der Waals surface area (Å²) in [5.74, 6) is -0.902. The van der Waals surface area contributed by atoms with Crippen molar-refractivity contribution in [1.29, 1.82) is 0 Å². The number of phosphoric acid groups is 1. The number of ether oxygens (including phenoxy) is 3. The number of hydrogen-bond acceptors (Lipinski definition) is 9. The van der Waals surface area contributed by atoms with Crippen molar-refractivity contribution < 1.29 is 46.8 Å². The first-order chi connectivity index (χ1) is 27.5. The van der Waals surface area contributed by atoms with Crippen LogP contribution in [-0.2, 0) is 37.4 Å². The number of nitrogens with zero attached hydrogens (tertiary/aromatic N) is 1. The molecule has 3 unspecified atom stereocenters. The molecular weight excluding hydrogens is 741 g/mol. The molecular formula is C46H84NO9P. The van der Waals surface area contributed by atoms with Crippen LogP contribution in [0.15, 0.2) is 36.5 Å². The number of esters is 2. The number of allylic oxidation sites excluding steroid dienone is 4. The van der Waals surface area contributed by atoms with E-state index in [2.05, 4.69) is 50.3 Å². The fourth-order valence-electron chi connectivity index (χ4n) is 6.34. The lowest BCUT2D eigenvalue weighted by Crippen LogP contribution is -2.37. The van der Waals surface area contributed by atoms with Crippen molar-refractivity contribution in [3.63, 3.8) is 0 Å². The third-order valence-electron chi connectivity index (χ3n) is 10.1. The van der Waals surface area contributed by atoms with Crippen LogP contribution in [0.5, 0.6) is 0 Å². The van der Waals surface area contributed by atoms with E-state index in [9.17, 15) is 19.0 Å². The van der Waals surface area contributed by atoms with Crippen LogP contribution in [0.3, 0.4) is 0 Å². The Hall–Kier alpha value is -1.81. The number of unbranched alkanes of at least 4 members (excludes halogenated alkanes) is 18. The summed E-state index contributed by atoms with van der Waals surface area (Å²) in [6.45, 7) is 4.13. The SMILES string of the molecule is CCCCC/C=C\CC1OC1C/C=C\C/C=C\CCCC(=O)OC[C@H](COP(=O)([O-])OCC[N+](C)(C)C)OC(=O)CCCCCCCCCCCCCCCCC. The van der Waals surface area contributed by atoms with Gasteiger partial charge in [-0.2, -0.15) is 0 Å². The molecule has 0 aromatic rings. The van der Waals surface area contributed by atoms with Gasteiger partial charge in [-0.25, -0.2) is 0 Å². The van der Waals surface area contributed by atoms with E-state index < -0.39 is 32.5 Å². The minimum absolute atomic E-state index is 0.0408. The average molecular weight is 826 g/mol. The number of rotatable bonds is 40. The maximum absolute atomic E-state index is 12.7. The molecule has 1 fully saturated rings. The Morgan fingerprint density at radius 2 is 1.12 bits per heavy atom. The Balaban J connectivity index is 2.30. The van der Waals surface area contributed by atoms with Gasteiger partial charge in [0.1, 0.15) is 19.8 Å². The smallest absolute Gasteiger partial charge is 0.306 e. The molecule has 10 nitrogen and oxygen atoms in total. The molecule has 4 atom stereocenters. The molecule has 0 aliphatic carbocycles. The van der Waals surface area contributed by atoms with Crippen LogP contribution in [0.2, 0.25) is 0 Å². The maximum atomic E-state index is 12.7. The second kappa shape index (κ2) is 35.0. The molecule has 57 heavy (non-hydrogen) atoms. The molecule has 1 saturated heterocycles. The first kappa shape index (κ1) is 53.2. The molecule has 1 heterocycles. The largest absolute Gasteiger partial charge is 0.756 e. The van der Waals surface area contributed by atoms with E-state index in [4.69, 9.17) is 23.3 Å². The molecule has 0 radical (unpaired) electrons. The van der Waals surface area contributed by atoms with E-state index in [0.717, 1.165) is 51.4 Å². The Morgan fingerprint density at radius 1 is 0.632 bits per heavy atom. The van der Waals surface area contributed by atoms with Gasteiger partial charge in [0.2, 0.25) is 0 Å². The number of carbonyl (C=O) groups excluding carboxylic acids is 2. The Kier molecular flexibility index (Phi) is 32.7. The zero-order chi connectivity index (χ0) is 41.9. The highest BCUT2D eigenvalue weighted by atomic mass is 31.2. The molecule has 0 amide bonds. The van der Waals surface area contributed by atoms with E-state index in [1.165, 1.54) is 89.9 Å². The first-order valence-corrected chi connectivity index (χ1v) is 24.3. The summed E-state index contributed by atoms with van der Waals surface area (Å²) in [5, 5.41) is 0. The van der Waals surface area contributed by atoms with E-state index >= 15 is 0 Å². The van der Waals surface area contributed by atoms with Crippen LogP contribution in [-0.4, -0.2) is 82.2 Å². The summed E-state index contributed by atoms with van der Waals surface area (Å²) < 4.78 is 39.6. The van der Waals surface area contributed by atoms with Gasteiger partial charge in [0, 0.05) is 12.8 Å². The van der Waals surface area contributed by atoms with Crippen molar-refractivity contribution in [2.45, 2.75) is 199 Å². The second-order valence-electron chi connectivity index (χ2n) is 16.8. The van der Waals surface area contributed by atoms with E-state index in [-0.39, 0.29) is 26.1 Å². The summed E-state index contributed by atoms with van der Waals surface area (Å²) in [5.41, 5.74) is 0. The van der Waals surface area contributed by atoms with E-state index in [0.29, 0.717) is 36.1 Å². The highest BCUT2D eigenvalue weighted by molar-refractivity contribution is 7.45. The molecule has 0 aromatic carbocycles. The Labute approximate surface area is 348 Å². The molecule has 332 valence electrons. The minimum atomic E-state index is -4.64. The molecule has 0 aromatic heterocycles. The normalized spacial score (nSPS) is 17.4. The fourth-order valence-corrected chi connectivity index (χ4v) is 7.06. The van der Waals surface area contributed by atoms with Gasteiger partial charge in [0.15, 0.2) is 6.10 Å². The van der Waals surface area contributed by atoms with Gasteiger partial charge in [-0.1, -0.05) is 153 Å². The number of carbonyl (C=O) groups is 2. The lowest BCUT2D eigenvalue weighted by Gasteiger charge is -2.28. The molecule has 0 saturated carbocycles. The van der Waals surface area contributed by atoms with Gasteiger partial charge in [0.05, 0.1) is 40.0 Å². The van der Waals surface area contributed by atoms with Crippen molar-refractivity contribution in [3.05, 3.63) is 36.5 Å². The predicted molar refractivity (Wildman–Crippen MR) is 231 cm³/mol. The number of epoxide rings is 1. The molecule has 0 N–H and O–H groups in total. The standard InChI is InChI=1S/C46H84NO9P/c1-6-8-10-12-14-15-16-17-18-19-20-21-24-29-33-37-46(49)55-42(41-54-57(50,51)53-39-38-47(3,4)5)40-52-45(48)36-32-28-25-22-23-27-31-35-44-43(56-44)34-30-26-13-11-9-7-2/h22,25-27,30-31,42-44H,6-21,23-24,28-29,32-41H2,1-5H3/b25-22-,30-26-,31-27-/t42-,43?,44?/m1/s1. The topological polar surface area (TPSA) is 124 Å².